The Balaban J connectivity index is 0.00000119. The fraction of sp³-hybridized carbons (Fsp3) is 0.556. The van der Waals surface area contributed by atoms with Crippen LogP contribution in [0.25, 0.3) is 0 Å². The van der Waals surface area contributed by atoms with Crippen LogP contribution in [0.15, 0.2) is 16.3 Å². The number of alkyl halides is 6. The Kier molecular flexibility index (Phi) is 10.0. The van der Waals surface area contributed by atoms with Crippen LogP contribution in [0.1, 0.15) is 0 Å². The topological polar surface area (TPSA) is 121 Å². The number of hydrogen-bond acceptors (Lipinski definition) is 5. The summed E-state index contributed by atoms with van der Waals surface area (Å²) in [6.07, 6.45) is -11.2. The van der Waals surface area contributed by atoms with Crippen LogP contribution in [0.2, 0.25) is 8.01 Å². The summed E-state index contributed by atoms with van der Waals surface area (Å²) in [7, 11) is -9.18. The summed E-state index contributed by atoms with van der Waals surface area (Å²) in [5, 5.41) is 0. The fourth-order valence-electron chi connectivity index (χ4n) is 1.73. The summed E-state index contributed by atoms with van der Waals surface area (Å²) < 4.78 is 132. The molecule has 0 saturated carbocycles. The maximum Gasteiger partial charge on any atom is 0.394 e. The molecule has 1 unspecified atom stereocenters. The minimum Gasteiger partial charge on any atom is -0.264 e. The van der Waals surface area contributed by atoms with Crippen LogP contribution in [0.3, 0.4) is 0 Å². The molecule has 1 atom stereocenters. The normalized spacial score (nSPS) is 14.7. The first kappa shape index (κ1) is 27.4. The van der Waals surface area contributed by atoms with E-state index in [1.165, 1.54) is 10.8 Å². The molecule has 3 N–H and O–H groups in total. The fourth-order valence-corrected chi connectivity index (χ4v) is 5.53. The second kappa shape index (κ2) is 9.90. The van der Waals surface area contributed by atoms with E-state index in [4.69, 9.17) is 29.1 Å². The second-order valence-corrected chi connectivity index (χ2v) is 10.1. The quantitative estimate of drug-likeness (QED) is 0.328. The number of nitrogens with one attached hydrogen (secondary N) is 1. The third kappa shape index (κ3) is 10.6. The van der Waals surface area contributed by atoms with E-state index in [0.717, 1.165) is 6.07 Å². The molecule has 18 heteroatoms. The molecule has 0 fully saturated rings. The van der Waals surface area contributed by atoms with Gasteiger partial charge in [-0.25, -0.2) is 0 Å². The standard InChI is InChI=1S/C9H7ClF6NO2S2.Na.H2O4S/c1-4(7(8(11,12)13)9(14,15)16)17-21(18,19)6-3-2-5(10)20-6;;1-5(2,3)4/h2-4,7,17H,1H2;;(H2,1,2,3,4). The Hall–Kier alpha value is 0.350. The van der Waals surface area contributed by atoms with Gasteiger partial charge >= 0.3 is 159 Å². The molecule has 1 aromatic heterocycles. The van der Waals surface area contributed by atoms with Crippen LogP contribution < -0.4 is 4.72 Å². The average molecular weight is 496 g/mol. The van der Waals surface area contributed by atoms with Gasteiger partial charge in [-0.15, -0.1) is 0 Å². The zero-order chi connectivity index (χ0) is 21.8. The third-order valence-electron chi connectivity index (χ3n) is 2.67. The van der Waals surface area contributed by atoms with Gasteiger partial charge in [0.05, 0.1) is 0 Å². The Morgan fingerprint density at radius 1 is 1.07 bits per heavy atom. The van der Waals surface area contributed by atoms with Crippen molar-refractivity contribution in [2.45, 2.75) is 26.3 Å². The van der Waals surface area contributed by atoms with Crippen molar-refractivity contribution in [3.05, 3.63) is 16.5 Å². The summed E-state index contributed by atoms with van der Waals surface area (Å²) in [4.78, 5) is 0. The Morgan fingerprint density at radius 2 is 1.48 bits per heavy atom. The molecular weight excluding hydrogens is 487 g/mol. The molecule has 1 heterocycles. The number of sulfonamides is 1. The van der Waals surface area contributed by atoms with Crippen LogP contribution in [0.5, 0.6) is 0 Å². The van der Waals surface area contributed by atoms with Gasteiger partial charge in [-0.3, -0.25) is 9.11 Å². The van der Waals surface area contributed by atoms with Crippen molar-refractivity contribution in [2.75, 3.05) is 0 Å². The zero-order valence-corrected chi connectivity index (χ0v) is 18.1. The smallest absolute Gasteiger partial charge is 0.264 e. The van der Waals surface area contributed by atoms with Crippen molar-refractivity contribution in [3.63, 3.8) is 0 Å². The van der Waals surface area contributed by atoms with Crippen LogP contribution in [0.4, 0.5) is 26.3 Å². The van der Waals surface area contributed by atoms with E-state index in [0.29, 0.717) is 11.3 Å². The predicted molar refractivity (Wildman–Crippen MR) is 83.8 cm³/mol. The second-order valence-electron chi connectivity index (χ2n) is 4.70. The van der Waals surface area contributed by atoms with Crippen LogP contribution >= 0.6 is 22.9 Å². The molecule has 27 heavy (non-hydrogen) atoms. The Labute approximate surface area is 176 Å². The predicted octanol–water partition coefficient (Wildman–Crippen LogP) is 2.72. The summed E-state index contributed by atoms with van der Waals surface area (Å²) in [6.45, 7) is 0. The molecular formula is C9H9ClF6NNaO6S3. The first-order chi connectivity index (χ1) is 11.8. The molecule has 0 spiro atoms. The van der Waals surface area contributed by atoms with E-state index in [-0.39, 0.29) is 32.3 Å². The Morgan fingerprint density at radius 3 is 1.74 bits per heavy atom. The number of thiophene rings is 1. The number of rotatable bonds is 5. The van der Waals surface area contributed by atoms with Crippen LogP contribution in [-0.2, 0) is 20.4 Å². The summed E-state index contributed by atoms with van der Waals surface area (Å²) in [5.41, 5.74) is 0. The van der Waals surface area contributed by atoms with Crippen molar-refractivity contribution >= 4 is 71.3 Å². The van der Waals surface area contributed by atoms with E-state index in [9.17, 15) is 34.8 Å². The molecule has 1 aromatic rings. The molecule has 0 aliphatic heterocycles. The molecule has 0 amide bonds. The summed E-state index contributed by atoms with van der Waals surface area (Å²) >= 11 is 6.00. The summed E-state index contributed by atoms with van der Waals surface area (Å²) in [6, 6.07) is -0.116. The number of hydrogen-bond donors (Lipinski definition) is 3. The monoisotopic (exact) mass is 495 g/mol. The van der Waals surface area contributed by atoms with Crippen molar-refractivity contribution in [1.29, 1.82) is 0 Å². The van der Waals surface area contributed by atoms with E-state index in [1.54, 1.807) is 0 Å². The molecule has 0 aliphatic carbocycles. The van der Waals surface area contributed by atoms with Gasteiger partial charge in [0, 0.05) is 0 Å². The van der Waals surface area contributed by atoms with E-state index in [1.807, 2.05) is 0 Å². The van der Waals surface area contributed by atoms with Crippen molar-refractivity contribution < 1.29 is 52.3 Å². The van der Waals surface area contributed by atoms with Gasteiger partial charge in [-0.05, 0) is 0 Å². The molecule has 0 radical (unpaired) electrons. The summed E-state index contributed by atoms with van der Waals surface area (Å²) in [5.74, 6) is -3.76. The van der Waals surface area contributed by atoms with E-state index >= 15 is 0 Å². The van der Waals surface area contributed by atoms with Crippen LogP contribution in [-0.4, -0.2) is 72.3 Å². The number of halogens is 7. The minimum absolute atomic E-state index is 0.0472. The van der Waals surface area contributed by atoms with Gasteiger partial charge in [0.1, 0.15) is 0 Å². The van der Waals surface area contributed by atoms with Gasteiger partial charge in [0.15, 0.2) is 0 Å². The maximum absolute atomic E-state index is 12.7. The van der Waals surface area contributed by atoms with Gasteiger partial charge in [0.2, 0.25) is 0 Å². The van der Waals surface area contributed by atoms with E-state index < -0.39 is 52.6 Å². The van der Waals surface area contributed by atoms with Crippen molar-refractivity contribution in [3.8, 4) is 0 Å². The zero-order valence-electron chi connectivity index (χ0n) is 12.9. The van der Waals surface area contributed by atoms with Crippen LogP contribution in [0, 0.1) is 5.92 Å². The van der Waals surface area contributed by atoms with Crippen molar-refractivity contribution in [1.82, 2.24) is 4.72 Å². The van der Waals surface area contributed by atoms with Gasteiger partial charge in [-0.2, -0.15) is 8.42 Å². The molecule has 0 bridgehead atoms. The van der Waals surface area contributed by atoms with Gasteiger partial charge in [0.25, 0.3) is 0 Å². The molecule has 1 rings (SSSR count). The van der Waals surface area contributed by atoms with E-state index in [2.05, 4.69) is 0 Å². The molecule has 0 aromatic carbocycles. The first-order valence-electron chi connectivity index (χ1n) is 6.40. The molecule has 7 nitrogen and oxygen atoms in total. The molecule has 154 valence electrons. The molecule has 0 saturated heterocycles. The minimum atomic E-state index is -5.61. The SMILES string of the molecule is O=S(=O)(NC([CH2][Na])C(C(F)(F)F)C(F)(F)F)c1ccc(Cl)s1.O=S(=O)(O)O. The first-order valence-corrected chi connectivity index (χ1v) is 11.9. The van der Waals surface area contributed by atoms with Crippen molar-refractivity contribution in [2.24, 2.45) is 5.92 Å². The average Bonchev–Trinajstić information content (AvgIpc) is 2.79. The third-order valence-corrected chi connectivity index (χ3v) is 6.76. The molecule has 0 aliphatic rings. The largest absolute Gasteiger partial charge is 0.394 e. The Bertz CT molecular complexity index is 802. The maximum atomic E-state index is 12.7. The van der Waals surface area contributed by atoms with Gasteiger partial charge < -0.3 is 0 Å². The van der Waals surface area contributed by atoms with Gasteiger partial charge in [-0.1, -0.05) is 0 Å².